The van der Waals surface area contributed by atoms with Crippen molar-refractivity contribution in [3.05, 3.63) is 51.7 Å². The van der Waals surface area contributed by atoms with Crippen molar-refractivity contribution in [3.8, 4) is 11.3 Å². The number of rotatable bonds is 5. The Bertz CT molecular complexity index is 921. The summed E-state index contributed by atoms with van der Waals surface area (Å²) in [5.74, 6) is 0.0432. The molecule has 0 fully saturated rings. The summed E-state index contributed by atoms with van der Waals surface area (Å²) in [7, 11) is 0. The number of hydrogen-bond donors (Lipinski definition) is 1. The number of nitrogens with zero attached hydrogens (tertiary/aromatic N) is 3. The zero-order chi connectivity index (χ0) is 17.8. The molecule has 0 saturated heterocycles. The molecule has 2 aromatic heterocycles. The molecule has 0 unspecified atom stereocenters. The molecular formula is C15H9Cl3N4OSSe. The Morgan fingerprint density at radius 1 is 1.20 bits per heavy atom. The van der Waals surface area contributed by atoms with E-state index < -0.39 is 0 Å². The van der Waals surface area contributed by atoms with Gasteiger partial charge in [0.25, 0.3) is 0 Å². The predicted octanol–water partition coefficient (Wildman–Crippen LogP) is 4.29. The summed E-state index contributed by atoms with van der Waals surface area (Å²) < 4.78 is 5.06. The molecule has 128 valence electrons. The molecule has 10 heteroatoms. The molecule has 0 aliphatic carbocycles. The van der Waals surface area contributed by atoms with Crippen molar-refractivity contribution < 1.29 is 4.79 Å². The van der Waals surface area contributed by atoms with E-state index in [2.05, 4.69) is 19.5 Å². The van der Waals surface area contributed by atoms with Crippen LogP contribution < -0.4 is 5.32 Å². The van der Waals surface area contributed by atoms with E-state index in [1.807, 2.05) is 6.07 Å². The monoisotopic (exact) mass is 478 g/mol. The van der Waals surface area contributed by atoms with Crippen molar-refractivity contribution in [2.45, 2.75) is 3.77 Å². The third kappa shape index (κ3) is 4.76. The summed E-state index contributed by atoms with van der Waals surface area (Å²) in [6, 6.07) is 8.70. The van der Waals surface area contributed by atoms with E-state index in [1.165, 1.54) is 11.8 Å². The van der Waals surface area contributed by atoms with Gasteiger partial charge in [-0.1, -0.05) is 0 Å². The number of pyridine rings is 1. The first kappa shape index (κ1) is 18.7. The summed E-state index contributed by atoms with van der Waals surface area (Å²) in [6.07, 6.45) is 1.56. The van der Waals surface area contributed by atoms with E-state index in [0.717, 1.165) is 15.0 Å². The van der Waals surface area contributed by atoms with E-state index in [4.69, 9.17) is 34.8 Å². The first-order valence-electron chi connectivity index (χ1n) is 6.85. The summed E-state index contributed by atoms with van der Waals surface area (Å²) >= 11 is 19.2. The molecule has 0 atom stereocenters. The molecule has 0 radical (unpaired) electrons. The van der Waals surface area contributed by atoms with Gasteiger partial charge in [0.2, 0.25) is 0 Å². The van der Waals surface area contributed by atoms with Crippen LogP contribution in [0.15, 0.2) is 40.3 Å². The SMILES string of the molecule is O=C(CSc1[se]nnc1-c1ccc(Cl)c(Cl)c1)Nc1cccnc1Cl. The van der Waals surface area contributed by atoms with Gasteiger partial charge in [-0.25, -0.2) is 0 Å². The zero-order valence-electron chi connectivity index (χ0n) is 12.4. The van der Waals surface area contributed by atoms with E-state index in [-0.39, 0.29) is 31.5 Å². The second-order valence-corrected chi connectivity index (χ2v) is 9.04. The first-order chi connectivity index (χ1) is 12.0. The molecule has 5 nitrogen and oxygen atoms in total. The molecule has 3 rings (SSSR count). The van der Waals surface area contributed by atoms with Crippen LogP contribution in [0.4, 0.5) is 5.69 Å². The third-order valence-electron chi connectivity index (χ3n) is 3.02. The van der Waals surface area contributed by atoms with E-state index in [0.29, 0.717) is 15.7 Å². The van der Waals surface area contributed by atoms with E-state index in [1.54, 1.807) is 30.5 Å². The molecule has 2 heterocycles. The van der Waals surface area contributed by atoms with Crippen LogP contribution in [0.25, 0.3) is 11.3 Å². The topological polar surface area (TPSA) is 67.8 Å². The van der Waals surface area contributed by atoms with Gasteiger partial charge in [-0.3, -0.25) is 0 Å². The van der Waals surface area contributed by atoms with Crippen LogP contribution in [0.5, 0.6) is 0 Å². The van der Waals surface area contributed by atoms with Crippen LogP contribution in [-0.4, -0.2) is 40.6 Å². The Balaban J connectivity index is 1.68. The number of nitrogens with one attached hydrogen (secondary N) is 1. The van der Waals surface area contributed by atoms with Crippen molar-refractivity contribution in [1.29, 1.82) is 0 Å². The number of anilines is 1. The summed E-state index contributed by atoms with van der Waals surface area (Å²) in [5.41, 5.74) is 2.05. The van der Waals surface area contributed by atoms with Crippen LogP contribution in [0.1, 0.15) is 0 Å². The molecule has 0 bridgehead atoms. The Kier molecular flexibility index (Phi) is 6.39. The maximum absolute atomic E-state index is 12.1. The Morgan fingerprint density at radius 2 is 2.04 bits per heavy atom. The molecule has 0 aliphatic heterocycles. The average molecular weight is 479 g/mol. The van der Waals surface area contributed by atoms with E-state index >= 15 is 0 Å². The van der Waals surface area contributed by atoms with Crippen LogP contribution >= 0.6 is 46.6 Å². The van der Waals surface area contributed by atoms with Crippen LogP contribution in [0.2, 0.25) is 15.2 Å². The summed E-state index contributed by atoms with van der Waals surface area (Å²) in [4.78, 5) is 16.1. The maximum atomic E-state index is 12.1. The number of carbonyl (C=O) groups is 1. The second kappa shape index (κ2) is 8.54. The van der Waals surface area contributed by atoms with Crippen LogP contribution in [0.3, 0.4) is 0 Å². The van der Waals surface area contributed by atoms with Gasteiger partial charge >= 0.3 is 170 Å². The zero-order valence-corrected chi connectivity index (χ0v) is 17.2. The summed E-state index contributed by atoms with van der Waals surface area (Å²) in [6.45, 7) is 0. The Morgan fingerprint density at radius 3 is 2.80 bits per heavy atom. The van der Waals surface area contributed by atoms with Crippen molar-refractivity contribution >= 4 is 72.9 Å². The molecule has 1 aromatic carbocycles. The van der Waals surface area contributed by atoms with Crippen LogP contribution in [-0.2, 0) is 4.79 Å². The second-order valence-electron chi connectivity index (χ2n) is 4.72. The number of halogens is 3. The number of thioether (sulfide) groups is 1. The van der Waals surface area contributed by atoms with Crippen molar-refractivity contribution in [2.75, 3.05) is 11.1 Å². The quantitative estimate of drug-likeness (QED) is 0.337. The number of aromatic nitrogens is 3. The van der Waals surface area contributed by atoms with Gasteiger partial charge in [-0.15, -0.1) is 0 Å². The molecule has 25 heavy (non-hydrogen) atoms. The van der Waals surface area contributed by atoms with Crippen LogP contribution in [0, 0.1) is 0 Å². The minimum atomic E-state index is -0.177. The molecule has 0 aliphatic rings. The summed E-state index contributed by atoms with van der Waals surface area (Å²) in [5, 5.41) is 8.11. The molecule has 0 saturated carbocycles. The fraction of sp³-hybridized carbons (Fsp3) is 0.0667. The molecule has 3 aromatic rings. The fourth-order valence-electron chi connectivity index (χ4n) is 1.89. The van der Waals surface area contributed by atoms with Gasteiger partial charge in [-0.2, -0.15) is 0 Å². The Labute approximate surface area is 169 Å². The van der Waals surface area contributed by atoms with Crippen molar-refractivity contribution in [1.82, 2.24) is 14.2 Å². The van der Waals surface area contributed by atoms with Gasteiger partial charge in [-0.05, 0) is 0 Å². The molecule has 1 amide bonds. The van der Waals surface area contributed by atoms with Crippen molar-refractivity contribution in [3.63, 3.8) is 0 Å². The van der Waals surface area contributed by atoms with Crippen molar-refractivity contribution in [2.24, 2.45) is 0 Å². The third-order valence-corrected chi connectivity index (χ3v) is 7.15. The van der Waals surface area contributed by atoms with E-state index in [9.17, 15) is 4.79 Å². The standard InChI is InChI=1S/C15H9Cl3N4OSSe/c16-9-4-3-8(6-10(9)17)13-15(25-22-21-13)24-7-12(23)20-11-2-1-5-19-14(11)18/h1-6H,7H2,(H,20,23). The first-order valence-corrected chi connectivity index (χ1v) is 10.6. The van der Waals surface area contributed by atoms with Gasteiger partial charge in [0.15, 0.2) is 0 Å². The van der Waals surface area contributed by atoms with Gasteiger partial charge < -0.3 is 0 Å². The van der Waals surface area contributed by atoms with Gasteiger partial charge in [0.05, 0.1) is 0 Å². The molecular weight excluding hydrogens is 470 g/mol. The Hall–Kier alpha value is -1.08. The molecule has 0 spiro atoms. The average Bonchev–Trinajstić information content (AvgIpc) is 3.06. The van der Waals surface area contributed by atoms with Gasteiger partial charge in [0.1, 0.15) is 0 Å². The number of hydrogen-bond acceptors (Lipinski definition) is 5. The van der Waals surface area contributed by atoms with Gasteiger partial charge in [0, 0.05) is 0 Å². The fourth-order valence-corrected chi connectivity index (χ4v) is 4.84. The number of amides is 1. The molecule has 1 N–H and O–H groups in total. The minimum absolute atomic E-state index is 0.154. The normalized spacial score (nSPS) is 10.7. The number of carbonyl (C=O) groups excluding carboxylic acids is 1. The predicted molar refractivity (Wildman–Crippen MR) is 103 cm³/mol. The number of benzene rings is 1.